The second-order valence-corrected chi connectivity index (χ2v) is 7.36. The highest BCUT2D eigenvalue weighted by atomic mass is 35.5. The molecule has 5 nitrogen and oxygen atoms in total. The van der Waals surface area contributed by atoms with E-state index < -0.39 is 17.2 Å². The molecule has 8 heteroatoms. The number of ether oxygens (including phenoxy) is 1. The summed E-state index contributed by atoms with van der Waals surface area (Å²) in [5.74, 6) is -1.74. The molecule has 0 saturated carbocycles. The van der Waals surface area contributed by atoms with E-state index >= 15 is 0 Å². The Morgan fingerprint density at radius 2 is 1.87 bits per heavy atom. The van der Waals surface area contributed by atoms with Crippen molar-refractivity contribution in [2.24, 2.45) is 0 Å². The molecule has 0 unspecified atom stereocenters. The number of carboxylic acids is 1. The molecule has 0 aliphatic carbocycles. The van der Waals surface area contributed by atoms with Gasteiger partial charge in [0.15, 0.2) is 17.0 Å². The SMILES string of the molecule is CCn1c(Cc2ccc(F)c(OC)c2)cc(=O)c(C(=O)O)c1-c1ccc(Cl)c(Cl)c1. The van der Waals surface area contributed by atoms with E-state index in [2.05, 4.69) is 0 Å². The molecule has 1 heterocycles. The third kappa shape index (κ3) is 4.20. The zero-order valence-electron chi connectivity index (χ0n) is 16.2. The average molecular weight is 450 g/mol. The van der Waals surface area contributed by atoms with Gasteiger partial charge < -0.3 is 14.4 Å². The summed E-state index contributed by atoms with van der Waals surface area (Å²) in [6.45, 7) is 2.23. The number of methoxy groups -OCH3 is 1. The Kier molecular flexibility index (Phi) is 6.48. The molecule has 0 amide bonds. The molecular weight excluding hydrogens is 432 g/mol. The number of hydrogen-bond donors (Lipinski definition) is 1. The molecule has 0 radical (unpaired) electrons. The lowest BCUT2D eigenvalue weighted by atomic mass is 10.0. The van der Waals surface area contributed by atoms with Gasteiger partial charge in [-0.05, 0) is 36.8 Å². The standard InChI is InChI=1S/C22H18Cl2FNO4/c1-3-26-14(8-12-4-7-17(25)19(9-12)30-2)11-18(27)20(22(28)29)21(26)13-5-6-15(23)16(24)10-13/h4-7,9-11H,3,8H2,1-2H3,(H,28,29). The quantitative estimate of drug-likeness (QED) is 0.555. The second kappa shape index (κ2) is 8.90. The van der Waals surface area contributed by atoms with Gasteiger partial charge in [-0.2, -0.15) is 0 Å². The van der Waals surface area contributed by atoms with E-state index in [4.69, 9.17) is 27.9 Å². The number of benzene rings is 2. The van der Waals surface area contributed by atoms with Crippen LogP contribution in [0.25, 0.3) is 11.3 Å². The summed E-state index contributed by atoms with van der Waals surface area (Å²) < 4.78 is 20.5. The predicted molar refractivity (Wildman–Crippen MR) is 115 cm³/mol. The summed E-state index contributed by atoms with van der Waals surface area (Å²) in [5, 5.41) is 10.3. The number of aromatic nitrogens is 1. The Bertz CT molecular complexity index is 1190. The molecule has 2 aromatic carbocycles. The monoisotopic (exact) mass is 449 g/mol. The maximum atomic E-state index is 13.7. The van der Waals surface area contributed by atoms with E-state index in [1.54, 1.807) is 28.8 Å². The molecule has 0 spiro atoms. The molecule has 0 saturated heterocycles. The number of aromatic carboxylic acids is 1. The molecule has 156 valence electrons. The van der Waals surface area contributed by atoms with Crippen LogP contribution in [0, 0.1) is 5.82 Å². The van der Waals surface area contributed by atoms with E-state index in [1.807, 2.05) is 6.92 Å². The van der Waals surface area contributed by atoms with Gasteiger partial charge in [0, 0.05) is 30.3 Å². The Hall–Kier alpha value is -2.83. The molecule has 3 aromatic rings. The minimum Gasteiger partial charge on any atom is -0.494 e. The Morgan fingerprint density at radius 1 is 1.13 bits per heavy atom. The first-order chi connectivity index (χ1) is 14.3. The molecule has 30 heavy (non-hydrogen) atoms. The number of carbonyl (C=O) groups is 1. The van der Waals surface area contributed by atoms with Crippen LogP contribution >= 0.6 is 23.2 Å². The van der Waals surface area contributed by atoms with Crippen LogP contribution in [0.2, 0.25) is 10.0 Å². The first-order valence-electron chi connectivity index (χ1n) is 9.04. The van der Waals surface area contributed by atoms with Gasteiger partial charge in [0.1, 0.15) is 5.56 Å². The number of nitrogens with zero attached hydrogens (tertiary/aromatic N) is 1. The Labute approximate surface area is 182 Å². The van der Waals surface area contributed by atoms with Gasteiger partial charge in [-0.15, -0.1) is 0 Å². The van der Waals surface area contributed by atoms with E-state index in [0.717, 1.165) is 0 Å². The van der Waals surface area contributed by atoms with Gasteiger partial charge in [0.2, 0.25) is 0 Å². The van der Waals surface area contributed by atoms with Crippen molar-refractivity contribution in [1.82, 2.24) is 4.57 Å². The van der Waals surface area contributed by atoms with Crippen LogP contribution in [-0.2, 0) is 13.0 Å². The molecule has 0 aliphatic heterocycles. The fraction of sp³-hybridized carbons (Fsp3) is 0.182. The van der Waals surface area contributed by atoms with Crippen LogP contribution < -0.4 is 10.2 Å². The lowest BCUT2D eigenvalue weighted by Crippen LogP contribution is -2.23. The summed E-state index contributed by atoms with van der Waals surface area (Å²) in [7, 11) is 1.37. The zero-order chi connectivity index (χ0) is 22.0. The fourth-order valence-electron chi connectivity index (χ4n) is 3.38. The Morgan fingerprint density at radius 3 is 2.47 bits per heavy atom. The van der Waals surface area contributed by atoms with E-state index in [-0.39, 0.29) is 28.5 Å². The highest BCUT2D eigenvalue weighted by molar-refractivity contribution is 6.42. The van der Waals surface area contributed by atoms with Gasteiger partial charge in [-0.1, -0.05) is 35.3 Å². The molecule has 1 aromatic heterocycles. The van der Waals surface area contributed by atoms with Crippen molar-refractivity contribution in [3.63, 3.8) is 0 Å². The summed E-state index contributed by atoms with van der Waals surface area (Å²) in [4.78, 5) is 24.6. The van der Waals surface area contributed by atoms with Gasteiger partial charge in [0.25, 0.3) is 0 Å². The number of halogens is 3. The lowest BCUT2D eigenvalue weighted by Gasteiger charge is -2.20. The molecule has 0 fully saturated rings. The van der Waals surface area contributed by atoms with E-state index in [0.29, 0.717) is 28.4 Å². The Balaban J connectivity index is 2.25. The first kappa shape index (κ1) is 21.9. The zero-order valence-corrected chi connectivity index (χ0v) is 17.7. The van der Waals surface area contributed by atoms with Crippen molar-refractivity contribution in [3.05, 3.63) is 85.4 Å². The molecule has 0 atom stereocenters. The summed E-state index contributed by atoms with van der Waals surface area (Å²) in [6, 6.07) is 10.4. The molecule has 0 aliphatic rings. The van der Waals surface area contributed by atoms with Crippen molar-refractivity contribution in [2.75, 3.05) is 7.11 Å². The van der Waals surface area contributed by atoms with Crippen LogP contribution in [0.15, 0.2) is 47.3 Å². The van der Waals surface area contributed by atoms with Crippen molar-refractivity contribution < 1.29 is 19.0 Å². The van der Waals surface area contributed by atoms with Crippen LogP contribution in [-0.4, -0.2) is 22.8 Å². The van der Waals surface area contributed by atoms with Crippen LogP contribution in [0.4, 0.5) is 4.39 Å². The normalized spacial score (nSPS) is 10.8. The van der Waals surface area contributed by atoms with Crippen molar-refractivity contribution in [2.45, 2.75) is 19.9 Å². The number of pyridine rings is 1. The van der Waals surface area contributed by atoms with Crippen LogP contribution in [0.5, 0.6) is 5.75 Å². The van der Waals surface area contributed by atoms with Crippen molar-refractivity contribution >= 4 is 29.2 Å². The van der Waals surface area contributed by atoms with Gasteiger partial charge in [-0.25, -0.2) is 9.18 Å². The lowest BCUT2D eigenvalue weighted by molar-refractivity contribution is 0.0695. The minimum atomic E-state index is -1.33. The van der Waals surface area contributed by atoms with Gasteiger partial charge in [-0.3, -0.25) is 4.79 Å². The summed E-state index contributed by atoms with van der Waals surface area (Å²) >= 11 is 12.1. The van der Waals surface area contributed by atoms with Crippen LogP contribution in [0.3, 0.4) is 0 Å². The first-order valence-corrected chi connectivity index (χ1v) is 9.80. The average Bonchev–Trinajstić information content (AvgIpc) is 2.70. The highest BCUT2D eigenvalue weighted by Crippen LogP contribution is 2.31. The van der Waals surface area contributed by atoms with Gasteiger partial charge in [0.05, 0.1) is 22.8 Å². The van der Waals surface area contributed by atoms with Crippen molar-refractivity contribution in [1.29, 1.82) is 0 Å². The molecular formula is C22H18Cl2FNO4. The van der Waals surface area contributed by atoms with Crippen molar-refractivity contribution in [3.8, 4) is 17.0 Å². The summed E-state index contributed by atoms with van der Waals surface area (Å²) in [5.41, 5.74) is 0.993. The van der Waals surface area contributed by atoms with E-state index in [9.17, 15) is 19.1 Å². The number of carboxylic acid groups (broad SMARTS) is 1. The molecule has 1 N–H and O–H groups in total. The molecule has 0 bridgehead atoms. The number of hydrogen-bond acceptors (Lipinski definition) is 3. The highest BCUT2D eigenvalue weighted by Gasteiger charge is 2.22. The third-order valence-electron chi connectivity index (χ3n) is 4.72. The number of rotatable bonds is 6. The topological polar surface area (TPSA) is 68.5 Å². The maximum absolute atomic E-state index is 13.7. The fourth-order valence-corrected chi connectivity index (χ4v) is 3.68. The molecule has 3 rings (SSSR count). The third-order valence-corrected chi connectivity index (χ3v) is 5.46. The largest absolute Gasteiger partial charge is 0.494 e. The second-order valence-electron chi connectivity index (χ2n) is 6.55. The minimum absolute atomic E-state index is 0.0877. The maximum Gasteiger partial charge on any atom is 0.341 e. The van der Waals surface area contributed by atoms with E-state index in [1.165, 1.54) is 25.3 Å². The van der Waals surface area contributed by atoms with Crippen LogP contribution in [0.1, 0.15) is 28.5 Å². The smallest absolute Gasteiger partial charge is 0.341 e. The summed E-state index contributed by atoms with van der Waals surface area (Å²) in [6.07, 6.45) is 0.272. The van der Waals surface area contributed by atoms with Gasteiger partial charge >= 0.3 is 5.97 Å². The predicted octanol–water partition coefficient (Wildman–Crippen LogP) is 5.28.